The van der Waals surface area contributed by atoms with Gasteiger partial charge in [-0.2, -0.15) is 5.10 Å². The van der Waals surface area contributed by atoms with Gasteiger partial charge in [-0.25, -0.2) is 5.01 Å². The summed E-state index contributed by atoms with van der Waals surface area (Å²) in [5.41, 5.74) is 5.61. The molecule has 3 aliphatic rings. The van der Waals surface area contributed by atoms with Gasteiger partial charge in [-0.3, -0.25) is 4.79 Å². The Morgan fingerprint density at radius 1 is 0.973 bits per heavy atom. The second-order valence-electron chi connectivity index (χ2n) is 9.80. The van der Waals surface area contributed by atoms with Crippen LogP contribution >= 0.6 is 15.9 Å². The van der Waals surface area contributed by atoms with Crippen LogP contribution in [0.3, 0.4) is 0 Å². The highest BCUT2D eigenvalue weighted by molar-refractivity contribution is 9.10. The Kier molecular flexibility index (Phi) is 5.01. The number of rotatable bonds is 3. The summed E-state index contributed by atoms with van der Waals surface area (Å²) in [6, 6.07) is 32.3. The Bertz CT molecular complexity index is 1570. The smallest absolute Gasteiger partial charge is 0.306 e. The first-order valence-corrected chi connectivity index (χ1v) is 13.2. The number of ether oxygens (including phenoxy) is 1. The van der Waals surface area contributed by atoms with Crippen LogP contribution in [-0.2, 0) is 17.1 Å². The fraction of sp³-hybridized carbons (Fsp3) is 0.161. The number of anilines is 1. The second-order valence-corrected chi connectivity index (χ2v) is 10.7. The number of aryl methyl sites for hydroxylation is 1. The molecule has 37 heavy (non-hydrogen) atoms. The van der Waals surface area contributed by atoms with Crippen molar-refractivity contribution in [2.24, 2.45) is 5.10 Å². The Morgan fingerprint density at radius 2 is 1.73 bits per heavy atom. The predicted octanol–water partition coefficient (Wildman–Crippen LogP) is 6.70. The molecular weight excluding hydrogens is 526 g/mol. The zero-order valence-corrected chi connectivity index (χ0v) is 21.9. The number of carbonyl (C=O) groups excluding carboxylic acids is 1. The topological polar surface area (TPSA) is 45.1 Å². The molecule has 5 nitrogen and oxygen atoms in total. The maximum atomic E-state index is 14.5. The lowest BCUT2D eigenvalue weighted by molar-refractivity contribution is -0.164. The number of hydrazone groups is 1. The summed E-state index contributed by atoms with van der Waals surface area (Å²) >= 11 is 3.63. The van der Waals surface area contributed by atoms with Gasteiger partial charge in [-0.15, -0.1) is 0 Å². The van der Waals surface area contributed by atoms with Crippen molar-refractivity contribution in [3.63, 3.8) is 0 Å². The monoisotopic (exact) mass is 549 g/mol. The van der Waals surface area contributed by atoms with Crippen LogP contribution in [0, 0.1) is 6.92 Å². The minimum Gasteiger partial charge on any atom is -0.453 e. The minimum atomic E-state index is -1.37. The van der Waals surface area contributed by atoms with E-state index in [4.69, 9.17) is 9.84 Å². The van der Waals surface area contributed by atoms with Crippen molar-refractivity contribution in [1.29, 1.82) is 0 Å². The standard InChI is InChI=1S/C31H24BrN3O2/c1-20-11-13-22(14-12-20)26-18-28-24-17-23(32)15-16-29(24)37-31(35(28)33-26)25-9-5-6-10-27(25)34(30(31)36)19-21-7-3-2-4-8-21/h2-17,28H,18-19H2,1H3/t28-,31-/m1/s1. The molecule has 6 heteroatoms. The molecule has 1 spiro atoms. The molecule has 7 rings (SSSR count). The maximum Gasteiger partial charge on any atom is 0.306 e. The third kappa shape index (κ3) is 3.36. The number of hydrogen-bond donors (Lipinski definition) is 0. The molecule has 0 saturated heterocycles. The summed E-state index contributed by atoms with van der Waals surface area (Å²) in [5, 5.41) is 7.05. The molecule has 0 radical (unpaired) electrons. The van der Waals surface area contributed by atoms with Gasteiger partial charge in [-0.1, -0.05) is 94.3 Å². The molecule has 0 bridgehead atoms. The van der Waals surface area contributed by atoms with Crippen LogP contribution < -0.4 is 9.64 Å². The molecule has 0 aromatic heterocycles. The van der Waals surface area contributed by atoms with Crippen LogP contribution in [0.25, 0.3) is 0 Å². The molecular formula is C31H24BrN3O2. The molecule has 3 aliphatic heterocycles. The van der Waals surface area contributed by atoms with Gasteiger partial charge in [0.05, 0.1) is 29.5 Å². The lowest BCUT2D eigenvalue weighted by Gasteiger charge is -2.44. The van der Waals surface area contributed by atoms with E-state index in [9.17, 15) is 4.79 Å². The van der Waals surface area contributed by atoms with Gasteiger partial charge in [0.1, 0.15) is 5.75 Å². The van der Waals surface area contributed by atoms with Gasteiger partial charge in [0.2, 0.25) is 0 Å². The van der Waals surface area contributed by atoms with Crippen molar-refractivity contribution < 1.29 is 9.53 Å². The molecule has 4 aromatic rings. The van der Waals surface area contributed by atoms with E-state index in [1.807, 2.05) is 76.6 Å². The first-order chi connectivity index (χ1) is 18.0. The molecule has 1 amide bonds. The van der Waals surface area contributed by atoms with Crippen molar-refractivity contribution >= 4 is 33.2 Å². The van der Waals surface area contributed by atoms with Crippen molar-refractivity contribution in [2.75, 3.05) is 4.90 Å². The quantitative estimate of drug-likeness (QED) is 0.285. The average molecular weight is 550 g/mol. The number of benzene rings is 4. The van der Waals surface area contributed by atoms with Gasteiger partial charge < -0.3 is 9.64 Å². The Hall–Kier alpha value is -3.90. The number of fused-ring (bicyclic) bond motifs is 6. The highest BCUT2D eigenvalue weighted by Crippen LogP contribution is 2.56. The van der Waals surface area contributed by atoms with Gasteiger partial charge in [0.15, 0.2) is 0 Å². The largest absolute Gasteiger partial charge is 0.453 e. The van der Waals surface area contributed by atoms with Gasteiger partial charge in [-0.05, 0) is 42.3 Å². The fourth-order valence-electron chi connectivity index (χ4n) is 5.69. The Labute approximate surface area is 224 Å². The summed E-state index contributed by atoms with van der Waals surface area (Å²) in [6.07, 6.45) is 0.686. The molecule has 4 aromatic carbocycles. The van der Waals surface area contributed by atoms with E-state index in [0.717, 1.165) is 43.9 Å². The molecule has 2 atom stereocenters. The van der Waals surface area contributed by atoms with Crippen LogP contribution in [0.1, 0.15) is 40.3 Å². The van der Waals surface area contributed by atoms with Crippen molar-refractivity contribution in [2.45, 2.75) is 31.7 Å². The fourth-order valence-corrected chi connectivity index (χ4v) is 6.07. The number of para-hydroxylation sites is 1. The highest BCUT2D eigenvalue weighted by Gasteiger charge is 2.63. The maximum absolute atomic E-state index is 14.5. The van der Waals surface area contributed by atoms with Gasteiger partial charge in [0.25, 0.3) is 5.91 Å². The summed E-state index contributed by atoms with van der Waals surface area (Å²) in [4.78, 5) is 16.4. The number of hydrogen-bond acceptors (Lipinski definition) is 4. The normalized spacial score (nSPS) is 21.4. The third-order valence-corrected chi connectivity index (χ3v) is 7.98. The number of amides is 1. The van der Waals surface area contributed by atoms with Crippen LogP contribution in [0.4, 0.5) is 5.69 Å². The van der Waals surface area contributed by atoms with Crippen molar-refractivity contribution in [3.05, 3.63) is 129 Å². The Morgan fingerprint density at radius 3 is 2.54 bits per heavy atom. The Balaban J connectivity index is 1.41. The van der Waals surface area contributed by atoms with Crippen LogP contribution in [-0.4, -0.2) is 16.6 Å². The molecule has 182 valence electrons. The summed E-state index contributed by atoms with van der Waals surface area (Å²) < 4.78 is 7.74. The van der Waals surface area contributed by atoms with E-state index in [1.165, 1.54) is 5.56 Å². The molecule has 0 N–H and O–H groups in total. The lowest BCUT2D eigenvalue weighted by Crippen LogP contribution is -2.57. The first kappa shape index (κ1) is 22.3. The van der Waals surface area contributed by atoms with Gasteiger partial charge >= 0.3 is 5.72 Å². The predicted molar refractivity (Wildman–Crippen MR) is 147 cm³/mol. The second kappa shape index (κ2) is 8.32. The molecule has 0 saturated carbocycles. The zero-order chi connectivity index (χ0) is 25.1. The molecule has 3 heterocycles. The van der Waals surface area contributed by atoms with Crippen LogP contribution in [0.5, 0.6) is 5.75 Å². The first-order valence-electron chi connectivity index (χ1n) is 12.4. The lowest BCUT2D eigenvalue weighted by atomic mass is 9.92. The summed E-state index contributed by atoms with van der Waals surface area (Å²) in [7, 11) is 0. The molecule has 0 aliphatic carbocycles. The number of carbonyl (C=O) groups is 1. The summed E-state index contributed by atoms with van der Waals surface area (Å²) in [5.74, 6) is 0.597. The SMILES string of the molecule is Cc1ccc(C2=NN3[C@H](C2)c2cc(Br)ccc2O[C@]32C(=O)N(Cc3ccccc3)c3ccccc32)cc1. The zero-order valence-electron chi connectivity index (χ0n) is 20.3. The van der Waals surface area contributed by atoms with Crippen LogP contribution in [0.15, 0.2) is 107 Å². The van der Waals surface area contributed by atoms with E-state index in [1.54, 1.807) is 0 Å². The van der Waals surface area contributed by atoms with Crippen molar-refractivity contribution in [3.8, 4) is 5.75 Å². The van der Waals surface area contributed by atoms with Crippen molar-refractivity contribution in [1.82, 2.24) is 5.01 Å². The molecule has 0 unspecified atom stereocenters. The number of nitrogens with zero attached hydrogens (tertiary/aromatic N) is 3. The average Bonchev–Trinajstić information content (AvgIpc) is 3.46. The highest BCUT2D eigenvalue weighted by atomic mass is 79.9. The van der Waals surface area contributed by atoms with E-state index in [2.05, 4.69) is 53.2 Å². The minimum absolute atomic E-state index is 0.120. The van der Waals surface area contributed by atoms with E-state index < -0.39 is 5.72 Å². The third-order valence-electron chi connectivity index (χ3n) is 7.48. The van der Waals surface area contributed by atoms with E-state index in [0.29, 0.717) is 13.0 Å². The van der Waals surface area contributed by atoms with Gasteiger partial charge in [0, 0.05) is 16.5 Å². The molecule has 0 fully saturated rings. The summed E-state index contributed by atoms with van der Waals surface area (Å²) in [6.45, 7) is 2.54. The van der Waals surface area contributed by atoms with E-state index in [-0.39, 0.29) is 11.9 Å². The van der Waals surface area contributed by atoms with E-state index >= 15 is 0 Å². The number of halogens is 1. The van der Waals surface area contributed by atoms with Crippen LogP contribution in [0.2, 0.25) is 0 Å².